The summed E-state index contributed by atoms with van der Waals surface area (Å²) >= 11 is 3.69. The average Bonchev–Trinajstić information content (AvgIpc) is 3.21. The van der Waals surface area contributed by atoms with Crippen molar-refractivity contribution in [1.82, 2.24) is 5.32 Å². The molecule has 1 saturated carbocycles. The van der Waals surface area contributed by atoms with Gasteiger partial charge in [0.05, 0.1) is 12.2 Å². The fourth-order valence-corrected chi connectivity index (χ4v) is 2.83. The van der Waals surface area contributed by atoms with Crippen LogP contribution in [-0.4, -0.2) is 20.1 Å². The minimum atomic E-state index is 0.356. The molecule has 19 heavy (non-hydrogen) atoms. The molecule has 1 atom stereocenters. The van der Waals surface area contributed by atoms with E-state index in [9.17, 15) is 0 Å². The lowest BCUT2D eigenvalue weighted by Gasteiger charge is -2.24. The fourth-order valence-electron chi connectivity index (χ4n) is 2.19. The molecule has 102 valence electrons. The predicted octanol–water partition coefficient (Wildman–Crippen LogP) is 3.58. The molecule has 1 aromatic rings. The maximum Gasteiger partial charge on any atom is 0.0792 e. The van der Waals surface area contributed by atoms with Gasteiger partial charge in [0.15, 0.2) is 0 Å². The van der Waals surface area contributed by atoms with E-state index < -0.39 is 0 Å². The summed E-state index contributed by atoms with van der Waals surface area (Å²) in [5, 5.41) is 3.26. The Labute approximate surface area is 124 Å². The SMILES string of the molecule is C#CCN(CC1CC1)c1ccc(C(C)NC)cc1Br. The minimum absolute atomic E-state index is 0.356. The monoisotopic (exact) mass is 320 g/mol. The van der Waals surface area contributed by atoms with Gasteiger partial charge in [-0.15, -0.1) is 6.42 Å². The Hall–Kier alpha value is -0.980. The number of anilines is 1. The highest BCUT2D eigenvalue weighted by Gasteiger charge is 2.25. The van der Waals surface area contributed by atoms with Crippen LogP contribution in [0.25, 0.3) is 0 Å². The second-order valence-electron chi connectivity index (χ2n) is 5.25. The number of terminal acetylenes is 1. The van der Waals surface area contributed by atoms with Crippen LogP contribution in [0.15, 0.2) is 22.7 Å². The number of nitrogens with one attached hydrogen (secondary N) is 1. The molecule has 0 saturated heterocycles. The molecular formula is C16H21BrN2. The van der Waals surface area contributed by atoms with Crippen LogP contribution < -0.4 is 10.2 Å². The van der Waals surface area contributed by atoms with Crippen LogP contribution in [0.1, 0.15) is 31.4 Å². The van der Waals surface area contributed by atoms with E-state index in [4.69, 9.17) is 6.42 Å². The molecule has 0 radical (unpaired) electrons. The van der Waals surface area contributed by atoms with Gasteiger partial charge in [0.1, 0.15) is 0 Å². The molecule has 1 fully saturated rings. The zero-order valence-electron chi connectivity index (χ0n) is 11.6. The molecule has 1 aromatic carbocycles. The third-order valence-corrected chi connectivity index (χ3v) is 4.34. The summed E-state index contributed by atoms with van der Waals surface area (Å²) in [6.45, 7) is 3.91. The molecule has 0 spiro atoms. The number of benzene rings is 1. The van der Waals surface area contributed by atoms with Crippen molar-refractivity contribution in [1.29, 1.82) is 0 Å². The van der Waals surface area contributed by atoms with Gasteiger partial charge in [-0.3, -0.25) is 0 Å². The second-order valence-corrected chi connectivity index (χ2v) is 6.10. The lowest BCUT2D eigenvalue weighted by atomic mass is 10.1. The number of hydrogen-bond acceptors (Lipinski definition) is 2. The fraction of sp³-hybridized carbons (Fsp3) is 0.500. The Morgan fingerprint density at radius 1 is 1.53 bits per heavy atom. The van der Waals surface area contributed by atoms with Gasteiger partial charge in [0.2, 0.25) is 0 Å². The molecule has 0 aliphatic heterocycles. The van der Waals surface area contributed by atoms with Crippen molar-refractivity contribution in [2.24, 2.45) is 5.92 Å². The van der Waals surface area contributed by atoms with Crippen molar-refractivity contribution in [3.8, 4) is 12.3 Å². The zero-order chi connectivity index (χ0) is 13.8. The van der Waals surface area contributed by atoms with Crippen molar-refractivity contribution in [2.45, 2.75) is 25.8 Å². The normalized spacial score (nSPS) is 15.9. The summed E-state index contributed by atoms with van der Waals surface area (Å²) in [4.78, 5) is 2.30. The van der Waals surface area contributed by atoms with Gasteiger partial charge in [-0.2, -0.15) is 0 Å². The Kier molecular flexibility index (Phi) is 4.90. The lowest BCUT2D eigenvalue weighted by Crippen LogP contribution is -2.26. The second kappa shape index (κ2) is 6.45. The van der Waals surface area contributed by atoms with Crippen molar-refractivity contribution < 1.29 is 0 Å². The van der Waals surface area contributed by atoms with E-state index in [2.05, 4.69) is 57.2 Å². The van der Waals surface area contributed by atoms with Crippen molar-refractivity contribution in [2.75, 3.05) is 25.0 Å². The Bertz CT molecular complexity index is 474. The minimum Gasteiger partial charge on any atom is -0.359 e. The Morgan fingerprint density at radius 2 is 2.26 bits per heavy atom. The molecule has 1 N–H and O–H groups in total. The molecule has 0 aromatic heterocycles. The average molecular weight is 321 g/mol. The van der Waals surface area contributed by atoms with Crippen LogP contribution >= 0.6 is 15.9 Å². The molecule has 3 heteroatoms. The van der Waals surface area contributed by atoms with E-state index in [1.54, 1.807) is 0 Å². The van der Waals surface area contributed by atoms with Crippen LogP contribution in [0.2, 0.25) is 0 Å². The zero-order valence-corrected chi connectivity index (χ0v) is 13.2. The maximum absolute atomic E-state index is 5.50. The van der Waals surface area contributed by atoms with Crippen LogP contribution in [0.4, 0.5) is 5.69 Å². The van der Waals surface area contributed by atoms with Crippen LogP contribution in [0, 0.1) is 18.3 Å². The largest absolute Gasteiger partial charge is 0.359 e. The molecule has 1 aliphatic rings. The van der Waals surface area contributed by atoms with Gasteiger partial charge < -0.3 is 10.2 Å². The van der Waals surface area contributed by atoms with Gasteiger partial charge in [-0.05, 0) is 66.4 Å². The molecule has 1 aliphatic carbocycles. The summed E-state index contributed by atoms with van der Waals surface area (Å²) in [5.41, 5.74) is 2.49. The van der Waals surface area contributed by atoms with E-state index in [0.717, 1.165) is 16.9 Å². The van der Waals surface area contributed by atoms with Crippen LogP contribution in [0.3, 0.4) is 0 Å². The summed E-state index contributed by atoms with van der Waals surface area (Å²) in [5.74, 6) is 3.60. The lowest BCUT2D eigenvalue weighted by molar-refractivity contribution is 0.651. The van der Waals surface area contributed by atoms with Crippen molar-refractivity contribution in [3.05, 3.63) is 28.2 Å². The van der Waals surface area contributed by atoms with Crippen molar-refractivity contribution >= 4 is 21.6 Å². The highest BCUT2D eigenvalue weighted by Crippen LogP contribution is 2.34. The number of hydrogen-bond donors (Lipinski definition) is 1. The molecule has 1 unspecified atom stereocenters. The maximum atomic E-state index is 5.50. The van der Waals surface area contributed by atoms with E-state index in [-0.39, 0.29) is 0 Å². The molecule has 2 rings (SSSR count). The molecule has 0 bridgehead atoms. The number of nitrogens with zero attached hydrogens (tertiary/aromatic N) is 1. The first-order valence-corrected chi connectivity index (χ1v) is 7.60. The predicted molar refractivity (Wildman–Crippen MR) is 85.4 cm³/mol. The number of halogens is 1. The van der Waals surface area contributed by atoms with E-state index in [1.807, 2.05) is 7.05 Å². The summed E-state index contributed by atoms with van der Waals surface area (Å²) in [7, 11) is 1.98. The molecular weight excluding hydrogens is 300 g/mol. The van der Waals surface area contributed by atoms with Gasteiger partial charge in [0, 0.05) is 17.1 Å². The first kappa shape index (κ1) is 14.4. The smallest absolute Gasteiger partial charge is 0.0792 e. The standard InChI is InChI=1S/C16H21BrN2/c1-4-9-19(11-13-5-6-13)16-8-7-14(10-15(16)17)12(2)18-3/h1,7-8,10,12-13,18H,5-6,9,11H2,2-3H3. The number of rotatable bonds is 6. The Morgan fingerprint density at radius 3 is 2.79 bits per heavy atom. The quantitative estimate of drug-likeness (QED) is 0.806. The third-order valence-electron chi connectivity index (χ3n) is 3.70. The highest BCUT2D eigenvalue weighted by molar-refractivity contribution is 9.10. The van der Waals surface area contributed by atoms with Gasteiger partial charge >= 0.3 is 0 Å². The summed E-state index contributed by atoms with van der Waals surface area (Å²) in [6.07, 6.45) is 8.18. The van der Waals surface area contributed by atoms with Gasteiger partial charge in [-0.1, -0.05) is 12.0 Å². The first-order chi connectivity index (χ1) is 9.15. The van der Waals surface area contributed by atoms with Crippen LogP contribution in [-0.2, 0) is 0 Å². The molecule has 0 heterocycles. The van der Waals surface area contributed by atoms with E-state index in [1.165, 1.54) is 24.1 Å². The molecule has 2 nitrogen and oxygen atoms in total. The Balaban J connectivity index is 2.19. The topological polar surface area (TPSA) is 15.3 Å². The van der Waals surface area contributed by atoms with Crippen molar-refractivity contribution in [3.63, 3.8) is 0 Å². The summed E-state index contributed by atoms with van der Waals surface area (Å²) < 4.78 is 1.13. The molecule has 0 amide bonds. The summed E-state index contributed by atoms with van der Waals surface area (Å²) in [6, 6.07) is 6.90. The van der Waals surface area contributed by atoms with Crippen LogP contribution in [0.5, 0.6) is 0 Å². The van der Waals surface area contributed by atoms with E-state index in [0.29, 0.717) is 12.6 Å². The first-order valence-electron chi connectivity index (χ1n) is 6.80. The van der Waals surface area contributed by atoms with Gasteiger partial charge in [0.25, 0.3) is 0 Å². The third kappa shape index (κ3) is 3.75. The highest BCUT2D eigenvalue weighted by atomic mass is 79.9. The van der Waals surface area contributed by atoms with E-state index >= 15 is 0 Å². The van der Waals surface area contributed by atoms with Gasteiger partial charge in [-0.25, -0.2) is 0 Å².